The number of carbonyl (C=O) groups is 2. The van der Waals surface area contributed by atoms with Gasteiger partial charge in [-0.1, -0.05) is 18.2 Å². The Balaban J connectivity index is 1.27. The van der Waals surface area contributed by atoms with E-state index in [0.29, 0.717) is 5.69 Å². The van der Waals surface area contributed by atoms with Crippen LogP contribution in [0.2, 0.25) is 0 Å². The van der Waals surface area contributed by atoms with E-state index in [1.807, 2.05) is 30.3 Å². The molecule has 1 saturated heterocycles. The summed E-state index contributed by atoms with van der Waals surface area (Å²) in [5.41, 5.74) is 2.70. The summed E-state index contributed by atoms with van der Waals surface area (Å²) >= 11 is 0. The number of aromatic nitrogens is 2. The van der Waals surface area contributed by atoms with Crippen LogP contribution in [0.1, 0.15) is 6.42 Å². The molecule has 0 bridgehead atoms. The van der Waals surface area contributed by atoms with Gasteiger partial charge in [0.15, 0.2) is 0 Å². The highest BCUT2D eigenvalue weighted by molar-refractivity contribution is 6.04. The molecule has 1 aromatic heterocycles. The molecular formula is C21H21N5O2. The lowest BCUT2D eigenvalue weighted by atomic mass is 10.2. The third kappa shape index (κ3) is 4.20. The molecule has 28 heavy (non-hydrogen) atoms. The van der Waals surface area contributed by atoms with Crippen LogP contribution >= 0.6 is 0 Å². The van der Waals surface area contributed by atoms with Crippen molar-refractivity contribution in [3.63, 3.8) is 0 Å². The van der Waals surface area contributed by atoms with E-state index in [4.69, 9.17) is 0 Å². The quantitative estimate of drug-likeness (QED) is 0.598. The van der Waals surface area contributed by atoms with Crippen LogP contribution in [0.15, 0.2) is 66.9 Å². The first-order valence-electron chi connectivity index (χ1n) is 9.20. The van der Waals surface area contributed by atoms with Crippen molar-refractivity contribution in [1.29, 1.82) is 0 Å². The first-order valence-corrected chi connectivity index (χ1v) is 9.20. The van der Waals surface area contributed by atoms with Gasteiger partial charge in [0.1, 0.15) is 0 Å². The molecule has 142 valence electrons. The van der Waals surface area contributed by atoms with E-state index >= 15 is 0 Å². The molecule has 1 aliphatic rings. The normalized spacial score (nSPS) is 16.6. The molecule has 0 saturated carbocycles. The predicted molar refractivity (Wildman–Crippen MR) is 109 cm³/mol. The van der Waals surface area contributed by atoms with Gasteiger partial charge in [-0.3, -0.25) is 14.7 Å². The van der Waals surface area contributed by atoms with E-state index in [0.717, 1.165) is 36.1 Å². The monoisotopic (exact) mass is 375 g/mol. The summed E-state index contributed by atoms with van der Waals surface area (Å²) in [6.45, 7) is 1.66. The molecule has 1 atom stereocenters. The summed E-state index contributed by atoms with van der Waals surface area (Å²) in [7, 11) is 0. The highest BCUT2D eigenvalue weighted by Gasteiger charge is 2.23. The van der Waals surface area contributed by atoms with Gasteiger partial charge in [-0.2, -0.15) is 5.10 Å². The Hall–Kier alpha value is -3.61. The average Bonchev–Trinajstić information content (AvgIpc) is 3.36. The van der Waals surface area contributed by atoms with E-state index in [1.54, 1.807) is 12.3 Å². The molecule has 3 N–H and O–H groups in total. The third-order valence-corrected chi connectivity index (χ3v) is 4.75. The van der Waals surface area contributed by atoms with Crippen molar-refractivity contribution in [3.05, 3.63) is 66.9 Å². The Morgan fingerprint density at radius 1 is 1.11 bits per heavy atom. The zero-order valence-electron chi connectivity index (χ0n) is 15.3. The van der Waals surface area contributed by atoms with Crippen LogP contribution in [-0.2, 0) is 9.59 Å². The standard InChI is InChI=1S/C21H21N5O2/c27-20(23-16-6-7-19-15(12-16)13-22-25-19)8-9-21(28)24-17-10-11-26(14-17)18-4-2-1-3-5-18/h1-9,12-13,17H,10-11,14H2,(H,22,25)(H,23,27)(H,24,28). The van der Waals surface area contributed by atoms with Crippen LogP contribution in [-0.4, -0.2) is 41.1 Å². The maximum absolute atomic E-state index is 12.1. The number of nitrogens with zero attached hydrogens (tertiary/aromatic N) is 2. The first kappa shape index (κ1) is 17.8. The highest BCUT2D eigenvalue weighted by Crippen LogP contribution is 2.19. The minimum Gasteiger partial charge on any atom is -0.369 e. The molecule has 1 fully saturated rings. The second-order valence-electron chi connectivity index (χ2n) is 6.77. The van der Waals surface area contributed by atoms with Gasteiger partial charge >= 0.3 is 0 Å². The van der Waals surface area contributed by atoms with Crippen molar-refractivity contribution in [2.24, 2.45) is 0 Å². The van der Waals surface area contributed by atoms with Crippen LogP contribution in [0.25, 0.3) is 10.9 Å². The van der Waals surface area contributed by atoms with Crippen molar-refractivity contribution in [2.45, 2.75) is 12.5 Å². The third-order valence-electron chi connectivity index (χ3n) is 4.75. The van der Waals surface area contributed by atoms with Crippen LogP contribution in [0.5, 0.6) is 0 Å². The van der Waals surface area contributed by atoms with Crippen molar-refractivity contribution in [2.75, 3.05) is 23.3 Å². The maximum Gasteiger partial charge on any atom is 0.248 e. The smallest absolute Gasteiger partial charge is 0.248 e. The van der Waals surface area contributed by atoms with Crippen molar-refractivity contribution < 1.29 is 9.59 Å². The van der Waals surface area contributed by atoms with Crippen LogP contribution in [0.4, 0.5) is 11.4 Å². The number of para-hydroxylation sites is 1. The van der Waals surface area contributed by atoms with E-state index in [1.165, 1.54) is 12.2 Å². The van der Waals surface area contributed by atoms with Crippen LogP contribution < -0.4 is 15.5 Å². The lowest BCUT2D eigenvalue weighted by Gasteiger charge is -2.18. The zero-order chi connectivity index (χ0) is 19.3. The van der Waals surface area contributed by atoms with Gasteiger partial charge in [0.2, 0.25) is 11.8 Å². The van der Waals surface area contributed by atoms with Crippen LogP contribution in [0.3, 0.4) is 0 Å². The van der Waals surface area contributed by atoms with Gasteiger partial charge in [0.25, 0.3) is 0 Å². The minimum atomic E-state index is -0.352. The Labute approximate surface area is 162 Å². The lowest BCUT2D eigenvalue weighted by Crippen LogP contribution is -2.36. The van der Waals surface area contributed by atoms with Gasteiger partial charge in [-0.25, -0.2) is 0 Å². The molecule has 0 radical (unpaired) electrons. The van der Waals surface area contributed by atoms with Crippen molar-refractivity contribution in [1.82, 2.24) is 15.5 Å². The summed E-state index contributed by atoms with van der Waals surface area (Å²) in [5, 5.41) is 13.4. The number of H-pyrrole nitrogens is 1. The van der Waals surface area contributed by atoms with E-state index in [2.05, 4.69) is 37.9 Å². The molecule has 2 amide bonds. The zero-order valence-corrected chi connectivity index (χ0v) is 15.3. The molecule has 7 heteroatoms. The number of rotatable bonds is 5. The molecule has 1 aliphatic heterocycles. The molecule has 7 nitrogen and oxygen atoms in total. The fraction of sp³-hybridized carbons (Fsp3) is 0.190. The highest BCUT2D eigenvalue weighted by atomic mass is 16.2. The number of nitrogens with one attached hydrogen (secondary N) is 3. The second-order valence-corrected chi connectivity index (χ2v) is 6.77. The Morgan fingerprint density at radius 3 is 2.79 bits per heavy atom. The fourth-order valence-corrected chi connectivity index (χ4v) is 3.36. The number of benzene rings is 2. The molecule has 0 aliphatic carbocycles. The van der Waals surface area contributed by atoms with E-state index in [9.17, 15) is 9.59 Å². The van der Waals surface area contributed by atoms with Crippen LogP contribution in [0, 0.1) is 0 Å². The SMILES string of the molecule is O=C(C=CC(=O)NC1CCN(c2ccccc2)C1)Nc1ccc2[nH]ncc2c1. The first-order chi connectivity index (χ1) is 13.7. The predicted octanol–water partition coefficient (Wildman–Crippen LogP) is 2.45. The number of carbonyl (C=O) groups excluding carboxylic acids is 2. The van der Waals surface area contributed by atoms with Crippen molar-refractivity contribution in [3.8, 4) is 0 Å². The summed E-state index contributed by atoms with van der Waals surface area (Å²) in [4.78, 5) is 26.4. The van der Waals surface area contributed by atoms with E-state index in [-0.39, 0.29) is 17.9 Å². The molecule has 0 spiro atoms. The number of anilines is 2. The summed E-state index contributed by atoms with van der Waals surface area (Å²) in [6.07, 6.45) is 5.09. The van der Waals surface area contributed by atoms with E-state index < -0.39 is 0 Å². The number of amides is 2. The lowest BCUT2D eigenvalue weighted by molar-refractivity contribution is -0.117. The van der Waals surface area contributed by atoms with Gasteiger partial charge < -0.3 is 15.5 Å². The Bertz CT molecular complexity index is 1010. The second kappa shape index (κ2) is 7.96. The number of hydrogen-bond acceptors (Lipinski definition) is 4. The molecule has 2 aromatic carbocycles. The maximum atomic E-state index is 12.1. The average molecular weight is 375 g/mol. The summed E-state index contributed by atoms with van der Waals surface area (Å²) < 4.78 is 0. The molecular weight excluding hydrogens is 354 g/mol. The number of aromatic amines is 1. The minimum absolute atomic E-state index is 0.0731. The summed E-state index contributed by atoms with van der Waals surface area (Å²) in [6, 6.07) is 15.6. The summed E-state index contributed by atoms with van der Waals surface area (Å²) in [5.74, 6) is -0.615. The number of hydrogen-bond donors (Lipinski definition) is 3. The van der Waals surface area contributed by atoms with Gasteiger partial charge in [-0.15, -0.1) is 0 Å². The molecule has 3 aromatic rings. The Kier molecular flexibility index (Phi) is 5.05. The number of fused-ring (bicyclic) bond motifs is 1. The van der Waals surface area contributed by atoms with Gasteiger partial charge in [0, 0.05) is 48.0 Å². The topological polar surface area (TPSA) is 90.1 Å². The molecule has 4 rings (SSSR count). The van der Waals surface area contributed by atoms with Gasteiger partial charge in [-0.05, 0) is 36.8 Å². The van der Waals surface area contributed by atoms with Gasteiger partial charge in [0.05, 0.1) is 11.7 Å². The Morgan fingerprint density at radius 2 is 1.93 bits per heavy atom. The van der Waals surface area contributed by atoms with Crippen molar-refractivity contribution >= 4 is 34.1 Å². The largest absolute Gasteiger partial charge is 0.369 e. The molecule has 2 heterocycles. The molecule has 1 unspecified atom stereocenters. The fourth-order valence-electron chi connectivity index (χ4n) is 3.36.